The fourth-order valence-electron chi connectivity index (χ4n) is 1.93. The van der Waals surface area contributed by atoms with Crippen molar-refractivity contribution in [2.45, 2.75) is 45.6 Å². The number of hydrogen-bond donors (Lipinski definition) is 2. The zero-order valence-electron chi connectivity index (χ0n) is 12.4. The standard InChI is InChI=1S/C14H29N3O2/c1-3-12(2)17-14(15)16-7-4-8-19-11-13-5-9-18-10-6-13/h12-13H,3-11H2,1-2H3,(H3,15,16,17). The smallest absolute Gasteiger partial charge is 0.188 e. The minimum absolute atomic E-state index is 0.383. The first-order chi connectivity index (χ1) is 9.22. The molecule has 0 saturated carbocycles. The second-order valence-electron chi connectivity index (χ2n) is 5.20. The van der Waals surface area contributed by atoms with Crippen LogP contribution in [0, 0.1) is 5.92 Å². The van der Waals surface area contributed by atoms with Gasteiger partial charge in [0.2, 0.25) is 0 Å². The van der Waals surface area contributed by atoms with Crippen molar-refractivity contribution in [1.29, 1.82) is 0 Å². The first kappa shape index (κ1) is 16.2. The molecule has 1 unspecified atom stereocenters. The van der Waals surface area contributed by atoms with Gasteiger partial charge in [0, 0.05) is 39.0 Å². The molecule has 1 rings (SSSR count). The summed E-state index contributed by atoms with van der Waals surface area (Å²) in [7, 11) is 0. The van der Waals surface area contributed by atoms with E-state index < -0.39 is 0 Å². The number of aliphatic imine (C=N–C) groups is 1. The number of nitrogens with one attached hydrogen (secondary N) is 1. The molecule has 112 valence electrons. The maximum absolute atomic E-state index is 5.77. The van der Waals surface area contributed by atoms with Gasteiger partial charge in [0.25, 0.3) is 0 Å². The highest BCUT2D eigenvalue weighted by Crippen LogP contribution is 2.14. The number of guanidine groups is 1. The molecule has 1 heterocycles. The fourth-order valence-corrected chi connectivity index (χ4v) is 1.93. The van der Waals surface area contributed by atoms with E-state index in [4.69, 9.17) is 15.2 Å². The second-order valence-corrected chi connectivity index (χ2v) is 5.20. The van der Waals surface area contributed by atoms with Gasteiger partial charge in [-0.2, -0.15) is 0 Å². The maximum Gasteiger partial charge on any atom is 0.188 e. The summed E-state index contributed by atoms with van der Waals surface area (Å²) < 4.78 is 11.0. The Morgan fingerprint density at radius 1 is 1.47 bits per heavy atom. The van der Waals surface area contributed by atoms with Crippen molar-refractivity contribution in [3.63, 3.8) is 0 Å². The Morgan fingerprint density at radius 3 is 2.89 bits per heavy atom. The normalized spacial score (nSPS) is 19.4. The molecule has 0 amide bonds. The Hall–Kier alpha value is -0.810. The van der Waals surface area contributed by atoms with Crippen LogP contribution >= 0.6 is 0 Å². The van der Waals surface area contributed by atoms with Gasteiger partial charge in [0.05, 0.1) is 0 Å². The van der Waals surface area contributed by atoms with Gasteiger partial charge in [-0.25, -0.2) is 0 Å². The van der Waals surface area contributed by atoms with Crippen LogP contribution in [0.4, 0.5) is 0 Å². The summed E-state index contributed by atoms with van der Waals surface area (Å²) in [5.41, 5.74) is 5.77. The Kier molecular flexibility index (Phi) is 8.58. The predicted molar refractivity (Wildman–Crippen MR) is 78.4 cm³/mol. The molecule has 0 aromatic rings. The molecular formula is C14H29N3O2. The quantitative estimate of drug-likeness (QED) is 0.399. The zero-order valence-corrected chi connectivity index (χ0v) is 12.4. The van der Waals surface area contributed by atoms with Crippen molar-refractivity contribution in [3.05, 3.63) is 0 Å². The van der Waals surface area contributed by atoms with Gasteiger partial charge in [-0.05, 0) is 38.5 Å². The number of rotatable bonds is 8. The molecule has 1 atom stereocenters. The number of ether oxygens (including phenoxy) is 2. The lowest BCUT2D eigenvalue weighted by Gasteiger charge is -2.21. The van der Waals surface area contributed by atoms with Crippen molar-refractivity contribution >= 4 is 5.96 Å². The van der Waals surface area contributed by atoms with Crippen LogP contribution in [-0.2, 0) is 9.47 Å². The average Bonchev–Trinajstić information content (AvgIpc) is 2.43. The highest BCUT2D eigenvalue weighted by molar-refractivity contribution is 5.78. The molecule has 0 radical (unpaired) electrons. The Balaban J connectivity index is 1.96. The average molecular weight is 271 g/mol. The summed E-state index contributed by atoms with van der Waals surface area (Å²) in [4.78, 5) is 4.28. The van der Waals surface area contributed by atoms with E-state index in [9.17, 15) is 0 Å². The topological polar surface area (TPSA) is 68.9 Å². The van der Waals surface area contributed by atoms with Gasteiger partial charge in [0.1, 0.15) is 0 Å². The van der Waals surface area contributed by atoms with Crippen LogP contribution in [0.15, 0.2) is 4.99 Å². The highest BCUT2D eigenvalue weighted by Gasteiger charge is 2.13. The van der Waals surface area contributed by atoms with Gasteiger partial charge in [0.15, 0.2) is 5.96 Å². The predicted octanol–water partition coefficient (Wildman–Crippen LogP) is 1.52. The lowest BCUT2D eigenvalue weighted by molar-refractivity contribution is 0.0205. The van der Waals surface area contributed by atoms with Crippen LogP contribution in [0.5, 0.6) is 0 Å². The van der Waals surface area contributed by atoms with E-state index in [0.29, 0.717) is 17.9 Å². The van der Waals surface area contributed by atoms with Crippen LogP contribution in [0.2, 0.25) is 0 Å². The van der Waals surface area contributed by atoms with Gasteiger partial charge >= 0.3 is 0 Å². The number of nitrogens with two attached hydrogens (primary N) is 1. The van der Waals surface area contributed by atoms with E-state index in [1.165, 1.54) is 0 Å². The summed E-state index contributed by atoms with van der Waals surface area (Å²) in [6.07, 6.45) is 4.23. The monoisotopic (exact) mass is 271 g/mol. The van der Waals surface area contributed by atoms with Gasteiger partial charge < -0.3 is 20.5 Å². The molecule has 3 N–H and O–H groups in total. The fraction of sp³-hybridized carbons (Fsp3) is 0.929. The Labute approximate surface area is 116 Å². The lowest BCUT2D eigenvalue weighted by atomic mass is 10.0. The van der Waals surface area contributed by atoms with Crippen LogP contribution in [0.25, 0.3) is 0 Å². The summed E-state index contributed by atoms with van der Waals surface area (Å²) in [6.45, 7) is 8.33. The van der Waals surface area contributed by atoms with Crippen LogP contribution in [0.1, 0.15) is 39.5 Å². The molecule has 1 aliphatic heterocycles. The molecular weight excluding hydrogens is 242 g/mol. The van der Waals surface area contributed by atoms with Crippen LogP contribution < -0.4 is 11.1 Å². The van der Waals surface area contributed by atoms with E-state index in [1.54, 1.807) is 0 Å². The van der Waals surface area contributed by atoms with Crippen molar-refractivity contribution in [2.24, 2.45) is 16.6 Å². The van der Waals surface area contributed by atoms with E-state index in [2.05, 4.69) is 24.2 Å². The Morgan fingerprint density at radius 2 is 2.21 bits per heavy atom. The Bertz CT molecular complexity index is 253. The molecule has 0 aromatic heterocycles. The van der Waals surface area contributed by atoms with Crippen molar-refractivity contribution in [3.8, 4) is 0 Å². The first-order valence-corrected chi connectivity index (χ1v) is 7.44. The van der Waals surface area contributed by atoms with Gasteiger partial charge in [-0.15, -0.1) is 0 Å². The molecule has 0 aliphatic carbocycles. The number of hydrogen-bond acceptors (Lipinski definition) is 3. The second kappa shape index (κ2) is 10.0. The van der Waals surface area contributed by atoms with Gasteiger partial charge in [-0.3, -0.25) is 4.99 Å². The first-order valence-electron chi connectivity index (χ1n) is 7.44. The summed E-state index contributed by atoms with van der Waals surface area (Å²) in [5.74, 6) is 1.22. The van der Waals surface area contributed by atoms with E-state index >= 15 is 0 Å². The summed E-state index contributed by atoms with van der Waals surface area (Å²) in [5, 5.41) is 3.15. The molecule has 0 aromatic carbocycles. The molecule has 0 bridgehead atoms. The highest BCUT2D eigenvalue weighted by atomic mass is 16.5. The van der Waals surface area contributed by atoms with Crippen molar-refractivity contribution < 1.29 is 9.47 Å². The van der Waals surface area contributed by atoms with E-state index in [-0.39, 0.29) is 0 Å². The molecule has 1 aliphatic rings. The van der Waals surface area contributed by atoms with Crippen molar-refractivity contribution in [2.75, 3.05) is 33.0 Å². The zero-order chi connectivity index (χ0) is 13.9. The minimum atomic E-state index is 0.383. The summed E-state index contributed by atoms with van der Waals surface area (Å²) in [6, 6.07) is 0.383. The summed E-state index contributed by atoms with van der Waals surface area (Å²) >= 11 is 0. The SMILES string of the molecule is CCC(C)NC(N)=NCCCOCC1CCOCC1. The molecule has 5 heteroatoms. The van der Waals surface area contributed by atoms with Crippen LogP contribution in [-0.4, -0.2) is 45.0 Å². The largest absolute Gasteiger partial charge is 0.381 e. The lowest BCUT2D eigenvalue weighted by Crippen LogP contribution is -2.38. The maximum atomic E-state index is 5.77. The third-order valence-corrected chi connectivity index (χ3v) is 3.43. The third kappa shape index (κ3) is 8.06. The van der Waals surface area contributed by atoms with E-state index in [0.717, 1.165) is 58.7 Å². The van der Waals surface area contributed by atoms with Crippen LogP contribution in [0.3, 0.4) is 0 Å². The third-order valence-electron chi connectivity index (χ3n) is 3.43. The number of nitrogens with zero attached hydrogens (tertiary/aromatic N) is 1. The van der Waals surface area contributed by atoms with Crippen molar-refractivity contribution in [1.82, 2.24) is 5.32 Å². The molecule has 19 heavy (non-hydrogen) atoms. The molecule has 1 saturated heterocycles. The van der Waals surface area contributed by atoms with E-state index in [1.807, 2.05) is 0 Å². The molecule has 1 fully saturated rings. The molecule has 0 spiro atoms. The minimum Gasteiger partial charge on any atom is -0.381 e. The molecule has 5 nitrogen and oxygen atoms in total. The van der Waals surface area contributed by atoms with Gasteiger partial charge in [-0.1, -0.05) is 6.92 Å².